The van der Waals surface area contributed by atoms with Crippen molar-refractivity contribution >= 4 is 22.7 Å². The number of nitrogens with zero attached hydrogens (tertiary/aromatic N) is 2. The van der Waals surface area contributed by atoms with E-state index in [0.29, 0.717) is 12.3 Å². The molecule has 0 aromatic heterocycles. The number of hydrogen-bond acceptors (Lipinski definition) is 4. The van der Waals surface area contributed by atoms with Gasteiger partial charge in [-0.25, -0.2) is 0 Å². The lowest BCUT2D eigenvalue weighted by Gasteiger charge is -2.31. The summed E-state index contributed by atoms with van der Waals surface area (Å²) >= 11 is 0. The molecule has 3 aromatic rings. The number of alkyl halides is 3. The molecule has 2 unspecified atom stereocenters. The van der Waals surface area contributed by atoms with E-state index in [2.05, 4.69) is 4.90 Å². The average molecular weight is 537 g/mol. The summed E-state index contributed by atoms with van der Waals surface area (Å²) in [4.78, 5) is 12.8. The molecule has 1 aliphatic rings. The van der Waals surface area contributed by atoms with Gasteiger partial charge in [-0.05, 0) is 54.3 Å². The van der Waals surface area contributed by atoms with Crippen LogP contribution in [0.5, 0.6) is 5.75 Å². The maximum atomic E-state index is 12.9. The molecule has 1 aliphatic heterocycles. The minimum absolute atomic E-state index is 0. The molecule has 0 amide bonds. The van der Waals surface area contributed by atoms with Crippen LogP contribution in [0.2, 0.25) is 0 Å². The van der Waals surface area contributed by atoms with Crippen LogP contribution in [0.3, 0.4) is 0 Å². The summed E-state index contributed by atoms with van der Waals surface area (Å²) in [5.74, 6) is 0.368. The van der Waals surface area contributed by atoms with E-state index < -0.39 is 16.7 Å². The quantitative estimate of drug-likeness (QED) is 0.262. The lowest BCUT2D eigenvalue weighted by atomic mass is 10.0. The van der Waals surface area contributed by atoms with Crippen molar-refractivity contribution in [2.45, 2.75) is 31.7 Å². The Morgan fingerprint density at radius 3 is 2.29 bits per heavy atom. The van der Waals surface area contributed by atoms with Crippen LogP contribution in [0.4, 0.5) is 18.9 Å². The number of hydrogen-bond donors (Lipinski definition) is 0. The third-order valence-electron chi connectivity index (χ3n) is 6.06. The van der Waals surface area contributed by atoms with Crippen LogP contribution in [-0.4, -0.2) is 22.9 Å². The zero-order valence-electron chi connectivity index (χ0n) is 18.4. The molecule has 0 saturated carbocycles. The van der Waals surface area contributed by atoms with Gasteiger partial charge in [-0.2, -0.15) is 13.2 Å². The molecule has 180 valence electrons. The monoisotopic (exact) mass is 536 g/mol. The Morgan fingerprint density at radius 1 is 1.03 bits per heavy atom. The number of nitro benzene ring substituents is 1. The van der Waals surface area contributed by atoms with Crippen LogP contribution < -0.4 is 4.74 Å². The lowest BCUT2D eigenvalue weighted by Crippen LogP contribution is -2.32. The normalized spacial score (nSPS) is 17.1. The van der Waals surface area contributed by atoms with E-state index in [9.17, 15) is 23.3 Å². The topological polar surface area (TPSA) is 55.6 Å². The summed E-state index contributed by atoms with van der Waals surface area (Å²) in [7, 11) is 0. The summed E-state index contributed by atoms with van der Waals surface area (Å²) in [5.41, 5.74) is 2.41. The maximum absolute atomic E-state index is 12.9. The summed E-state index contributed by atoms with van der Waals surface area (Å²) in [6.45, 7) is 3.31. The van der Waals surface area contributed by atoms with Crippen LogP contribution in [0.15, 0.2) is 72.8 Å². The number of halogens is 4. The van der Waals surface area contributed by atoms with Gasteiger partial charge in [-0.1, -0.05) is 36.4 Å². The molecule has 9 heteroatoms. The Labute approximate surface area is 206 Å². The van der Waals surface area contributed by atoms with Gasteiger partial charge >= 0.3 is 6.18 Å². The fourth-order valence-corrected chi connectivity index (χ4v) is 4.17. The highest BCUT2D eigenvalue weighted by Crippen LogP contribution is 2.34. The number of rotatable bonds is 5. The Balaban J connectivity index is 0.00000324. The summed E-state index contributed by atoms with van der Waals surface area (Å²) in [5, 5.41) is 11.0. The Kier molecular flexibility index (Phi) is 7.99. The molecular formula is C25H24BrF3N2O3. The highest BCUT2D eigenvalue weighted by molar-refractivity contribution is 8.93. The molecule has 0 N–H and O–H groups in total. The smallest absolute Gasteiger partial charge is 0.416 e. The molecule has 0 saturated heterocycles. The second kappa shape index (κ2) is 10.6. The molecule has 4 rings (SSSR count). The van der Waals surface area contributed by atoms with E-state index in [1.807, 2.05) is 31.2 Å². The van der Waals surface area contributed by atoms with Gasteiger partial charge in [-0.3, -0.25) is 15.0 Å². The number of fused-ring (bicyclic) bond motifs is 1. The molecule has 0 fully saturated rings. The summed E-state index contributed by atoms with van der Waals surface area (Å²) in [6, 6.07) is 19.1. The first-order valence-corrected chi connectivity index (χ1v) is 10.6. The van der Waals surface area contributed by atoms with Crippen LogP contribution >= 0.6 is 17.0 Å². The molecule has 1 heterocycles. The third kappa shape index (κ3) is 5.77. The zero-order valence-corrected chi connectivity index (χ0v) is 20.1. The molecule has 0 aliphatic carbocycles. The number of benzene rings is 3. The van der Waals surface area contributed by atoms with Gasteiger partial charge in [0.2, 0.25) is 0 Å². The summed E-state index contributed by atoms with van der Waals surface area (Å²) < 4.78 is 44.9. The number of non-ortho nitro benzene ring substituents is 1. The lowest BCUT2D eigenvalue weighted by molar-refractivity contribution is -0.384. The minimum atomic E-state index is -4.40. The average Bonchev–Trinajstić information content (AvgIpc) is 2.98. The van der Waals surface area contributed by atoms with Gasteiger partial charge < -0.3 is 4.74 Å². The SMILES string of the molecule is Br.CC(c1ccc([N+](=O)[O-])cc1)N1CCc2ccccc2C(Oc2ccc(C(F)(F)F)cc2)C1. The van der Waals surface area contributed by atoms with Gasteiger partial charge in [-0.15, -0.1) is 17.0 Å². The first-order valence-electron chi connectivity index (χ1n) is 10.6. The van der Waals surface area contributed by atoms with Crippen molar-refractivity contribution in [2.24, 2.45) is 0 Å². The van der Waals surface area contributed by atoms with Crippen LogP contribution in [0.1, 0.15) is 41.3 Å². The van der Waals surface area contributed by atoms with E-state index >= 15 is 0 Å². The first kappa shape index (κ1) is 25.7. The largest absolute Gasteiger partial charge is 0.484 e. The number of ether oxygens (including phenoxy) is 1. The van der Waals surface area contributed by atoms with Crippen molar-refractivity contribution in [2.75, 3.05) is 13.1 Å². The van der Waals surface area contributed by atoms with Crippen molar-refractivity contribution in [3.8, 4) is 5.75 Å². The maximum Gasteiger partial charge on any atom is 0.416 e. The Bertz CT molecular complexity index is 1120. The highest BCUT2D eigenvalue weighted by Gasteiger charge is 2.31. The predicted octanol–water partition coefficient (Wildman–Crippen LogP) is 6.93. The van der Waals surface area contributed by atoms with E-state index in [4.69, 9.17) is 4.74 Å². The van der Waals surface area contributed by atoms with Gasteiger partial charge in [0.1, 0.15) is 11.9 Å². The standard InChI is InChI=1S/C25H23F3N2O3.BrH/c1-17(18-6-10-21(11-7-18)30(31)32)29-15-14-19-4-2-3-5-23(19)24(16-29)33-22-12-8-20(9-13-22)25(26,27)28;/h2-13,17,24H,14-16H2,1H3;1H. The molecule has 0 radical (unpaired) electrons. The van der Waals surface area contributed by atoms with Gasteiger partial charge in [0.05, 0.1) is 10.5 Å². The number of nitro groups is 1. The van der Waals surface area contributed by atoms with Crippen molar-refractivity contribution in [1.29, 1.82) is 0 Å². The van der Waals surface area contributed by atoms with Gasteiger partial charge in [0.25, 0.3) is 5.69 Å². The fourth-order valence-electron chi connectivity index (χ4n) is 4.17. The first-order chi connectivity index (χ1) is 15.7. The van der Waals surface area contributed by atoms with E-state index in [-0.39, 0.29) is 34.8 Å². The predicted molar refractivity (Wildman–Crippen MR) is 128 cm³/mol. The van der Waals surface area contributed by atoms with Crippen LogP contribution in [0.25, 0.3) is 0 Å². The van der Waals surface area contributed by atoms with E-state index in [0.717, 1.165) is 41.8 Å². The van der Waals surface area contributed by atoms with Gasteiger partial charge in [0.15, 0.2) is 0 Å². The van der Waals surface area contributed by atoms with Crippen molar-refractivity contribution in [3.63, 3.8) is 0 Å². The zero-order chi connectivity index (χ0) is 23.6. The molecule has 3 aromatic carbocycles. The van der Waals surface area contributed by atoms with E-state index in [1.54, 1.807) is 12.1 Å². The molecule has 2 atom stereocenters. The second-order valence-corrected chi connectivity index (χ2v) is 8.10. The van der Waals surface area contributed by atoms with Crippen molar-refractivity contribution in [1.82, 2.24) is 4.90 Å². The van der Waals surface area contributed by atoms with Gasteiger partial charge in [0, 0.05) is 31.3 Å². The van der Waals surface area contributed by atoms with E-state index in [1.165, 1.54) is 24.3 Å². The molecular weight excluding hydrogens is 513 g/mol. The molecule has 5 nitrogen and oxygen atoms in total. The highest BCUT2D eigenvalue weighted by atomic mass is 79.9. The molecule has 0 spiro atoms. The van der Waals surface area contributed by atoms with Crippen molar-refractivity contribution < 1.29 is 22.8 Å². The summed E-state index contributed by atoms with van der Waals surface area (Å²) in [6.07, 6.45) is -3.98. The Hall–Kier alpha value is -2.91. The molecule has 0 bridgehead atoms. The Morgan fingerprint density at radius 2 is 1.68 bits per heavy atom. The fraction of sp³-hybridized carbons (Fsp3) is 0.280. The molecule has 34 heavy (non-hydrogen) atoms. The third-order valence-corrected chi connectivity index (χ3v) is 6.06. The van der Waals surface area contributed by atoms with Crippen molar-refractivity contribution in [3.05, 3.63) is 105 Å². The second-order valence-electron chi connectivity index (χ2n) is 8.10. The van der Waals surface area contributed by atoms with Crippen LogP contribution in [0, 0.1) is 10.1 Å². The van der Waals surface area contributed by atoms with Crippen LogP contribution in [-0.2, 0) is 12.6 Å². The minimum Gasteiger partial charge on any atom is -0.484 e.